The number of para-hydroxylation sites is 1. The number of furan rings is 1. The molecular formula is C18H23N3O2. The van der Waals surface area contributed by atoms with Gasteiger partial charge in [0.2, 0.25) is 0 Å². The molecule has 5 nitrogen and oxygen atoms in total. The molecule has 23 heavy (non-hydrogen) atoms. The summed E-state index contributed by atoms with van der Waals surface area (Å²) in [5.74, 6) is 0.297. The van der Waals surface area contributed by atoms with Crippen LogP contribution in [0.3, 0.4) is 0 Å². The van der Waals surface area contributed by atoms with E-state index in [0.717, 1.165) is 49.9 Å². The first kappa shape index (κ1) is 14.7. The largest absolute Gasteiger partial charge is 0.451 e. The van der Waals surface area contributed by atoms with Gasteiger partial charge in [-0.15, -0.1) is 0 Å². The van der Waals surface area contributed by atoms with Crippen LogP contribution in [-0.2, 0) is 0 Å². The van der Waals surface area contributed by atoms with Gasteiger partial charge in [0, 0.05) is 18.5 Å². The average Bonchev–Trinajstić information content (AvgIpc) is 3.13. The van der Waals surface area contributed by atoms with E-state index >= 15 is 0 Å². The van der Waals surface area contributed by atoms with Crippen molar-refractivity contribution in [2.24, 2.45) is 0 Å². The van der Waals surface area contributed by atoms with Crippen LogP contribution in [0.15, 0.2) is 34.7 Å². The lowest BCUT2D eigenvalue weighted by Gasteiger charge is -2.44. The van der Waals surface area contributed by atoms with Gasteiger partial charge in [-0.1, -0.05) is 18.2 Å². The van der Waals surface area contributed by atoms with Crippen LogP contribution in [0.4, 0.5) is 0 Å². The van der Waals surface area contributed by atoms with E-state index in [1.165, 1.54) is 0 Å². The first-order valence-corrected chi connectivity index (χ1v) is 8.40. The third-order valence-electron chi connectivity index (χ3n) is 5.51. The van der Waals surface area contributed by atoms with Crippen molar-refractivity contribution in [1.29, 1.82) is 0 Å². The van der Waals surface area contributed by atoms with Crippen LogP contribution in [0.5, 0.6) is 0 Å². The topological polar surface area (TPSA) is 57.5 Å². The molecule has 0 bridgehead atoms. The summed E-state index contributed by atoms with van der Waals surface area (Å²) in [5.41, 5.74) is 0.801. The van der Waals surface area contributed by atoms with Crippen molar-refractivity contribution in [1.82, 2.24) is 15.5 Å². The monoisotopic (exact) mass is 313 g/mol. The molecule has 2 aliphatic heterocycles. The SMILES string of the molecule is CN1CCC(NC(=O)c2cc3ccccc3o2)C12CCCNC2. The minimum Gasteiger partial charge on any atom is -0.451 e. The Bertz CT molecular complexity index is 685. The number of likely N-dealkylation sites (tertiary alicyclic amines) is 1. The minimum atomic E-state index is -0.105. The maximum Gasteiger partial charge on any atom is 0.287 e. The summed E-state index contributed by atoms with van der Waals surface area (Å²) in [6, 6.07) is 9.72. The molecule has 0 radical (unpaired) electrons. The number of amides is 1. The minimum absolute atomic E-state index is 0.0416. The molecule has 3 heterocycles. The second-order valence-electron chi connectivity index (χ2n) is 6.77. The number of hydrogen-bond acceptors (Lipinski definition) is 4. The molecule has 0 aliphatic carbocycles. The molecule has 5 heteroatoms. The van der Waals surface area contributed by atoms with Gasteiger partial charge in [0.1, 0.15) is 5.58 Å². The van der Waals surface area contributed by atoms with Gasteiger partial charge in [-0.3, -0.25) is 9.69 Å². The molecule has 2 aromatic rings. The van der Waals surface area contributed by atoms with Crippen molar-refractivity contribution in [3.8, 4) is 0 Å². The summed E-state index contributed by atoms with van der Waals surface area (Å²) in [7, 11) is 2.17. The fourth-order valence-corrected chi connectivity index (χ4v) is 4.15. The van der Waals surface area contributed by atoms with Crippen LogP contribution in [0.2, 0.25) is 0 Å². The normalized spacial score (nSPS) is 28.5. The van der Waals surface area contributed by atoms with E-state index in [0.29, 0.717) is 5.76 Å². The molecule has 4 rings (SSSR count). The van der Waals surface area contributed by atoms with E-state index in [2.05, 4.69) is 22.6 Å². The van der Waals surface area contributed by atoms with Gasteiger partial charge in [0.15, 0.2) is 5.76 Å². The molecule has 2 unspecified atom stereocenters. The summed E-state index contributed by atoms with van der Waals surface area (Å²) in [6.45, 7) is 3.03. The predicted molar refractivity (Wildman–Crippen MR) is 89.5 cm³/mol. The Balaban J connectivity index is 1.55. The number of piperidine rings is 1. The van der Waals surface area contributed by atoms with Gasteiger partial charge in [0.25, 0.3) is 5.91 Å². The van der Waals surface area contributed by atoms with Crippen molar-refractivity contribution < 1.29 is 9.21 Å². The lowest BCUT2D eigenvalue weighted by molar-refractivity contribution is 0.0791. The Labute approximate surface area is 136 Å². The van der Waals surface area contributed by atoms with E-state index in [4.69, 9.17) is 4.42 Å². The number of likely N-dealkylation sites (N-methyl/N-ethyl adjacent to an activating group) is 1. The Kier molecular flexibility index (Phi) is 3.62. The Morgan fingerprint density at radius 1 is 1.43 bits per heavy atom. The van der Waals surface area contributed by atoms with E-state index < -0.39 is 0 Å². The van der Waals surface area contributed by atoms with Crippen molar-refractivity contribution in [3.63, 3.8) is 0 Å². The lowest BCUT2D eigenvalue weighted by atomic mass is 9.83. The summed E-state index contributed by atoms with van der Waals surface area (Å²) >= 11 is 0. The van der Waals surface area contributed by atoms with Crippen molar-refractivity contribution >= 4 is 16.9 Å². The van der Waals surface area contributed by atoms with E-state index in [-0.39, 0.29) is 17.5 Å². The van der Waals surface area contributed by atoms with Crippen LogP contribution in [0.25, 0.3) is 11.0 Å². The molecule has 1 aromatic carbocycles. The highest BCUT2D eigenvalue weighted by atomic mass is 16.3. The number of nitrogens with zero attached hydrogens (tertiary/aromatic N) is 1. The van der Waals surface area contributed by atoms with Gasteiger partial charge in [0.05, 0.1) is 11.6 Å². The van der Waals surface area contributed by atoms with Crippen LogP contribution in [0, 0.1) is 0 Å². The highest BCUT2D eigenvalue weighted by molar-refractivity contribution is 5.96. The molecule has 2 saturated heterocycles. The number of nitrogens with one attached hydrogen (secondary N) is 2. The predicted octanol–water partition coefficient (Wildman–Crippen LogP) is 1.99. The lowest BCUT2D eigenvalue weighted by Crippen LogP contribution is -2.62. The molecule has 2 aliphatic rings. The Morgan fingerprint density at radius 2 is 2.30 bits per heavy atom. The van der Waals surface area contributed by atoms with E-state index in [1.54, 1.807) is 0 Å². The number of fused-ring (bicyclic) bond motifs is 1. The Morgan fingerprint density at radius 3 is 3.09 bits per heavy atom. The fourth-order valence-electron chi connectivity index (χ4n) is 4.15. The molecule has 2 fully saturated rings. The molecule has 1 spiro atoms. The highest BCUT2D eigenvalue weighted by Crippen LogP contribution is 2.34. The molecule has 2 atom stereocenters. The zero-order chi connectivity index (χ0) is 15.9. The van der Waals surface area contributed by atoms with E-state index in [9.17, 15) is 4.79 Å². The first-order chi connectivity index (χ1) is 11.2. The molecule has 0 saturated carbocycles. The molecule has 122 valence electrons. The molecule has 1 aromatic heterocycles. The number of carbonyl (C=O) groups excluding carboxylic acids is 1. The highest BCUT2D eigenvalue weighted by Gasteiger charge is 2.48. The average molecular weight is 313 g/mol. The third kappa shape index (κ3) is 2.44. The van der Waals surface area contributed by atoms with Gasteiger partial charge < -0.3 is 15.1 Å². The van der Waals surface area contributed by atoms with Crippen molar-refractivity contribution in [2.75, 3.05) is 26.7 Å². The fraction of sp³-hybridized carbons (Fsp3) is 0.500. The third-order valence-corrected chi connectivity index (χ3v) is 5.51. The second kappa shape index (κ2) is 5.65. The summed E-state index contributed by atoms with van der Waals surface area (Å²) in [4.78, 5) is 15.1. The van der Waals surface area contributed by atoms with Gasteiger partial charge in [-0.25, -0.2) is 0 Å². The molecule has 1 amide bonds. The van der Waals surface area contributed by atoms with Gasteiger partial charge in [-0.05, 0) is 45.0 Å². The number of benzene rings is 1. The number of hydrogen-bond donors (Lipinski definition) is 2. The molecule has 2 N–H and O–H groups in total. The first-order valence-electron chi connectivity index (χ1n) is 8.40. The number of carbonyl (C=O) groups is 1. The standard InChI is InChI=1S/C18H23N3O2/c1-21-10-7-16(18(21)8-4-9-19-12-18)20-17(22)15-11-13-5-2-3-6-14(13)23-15/h2-3,5-6,11,16,19H,4,7-10,12H2,1H3,(H,20,22). The van der Waals surface area contributed by atoms with Crippen LogP contribution in [0.1, 0.15) is 29.8 Å². The van der Waals surface area contributed by atoms with Crippen molar-refractivity contribution in [3.05, 3.63) is 36.1 Å². The second-order valence-corrected chi connectivity index (χ2v) is 6.77. The summed E-state index contributed by atoms with van der Waals surface area (Å²) in [5, 5.41) is 7.70. The van der Waals surface area contributed by atoms with Crippen LogP contribution < -0.4 is 10.6 Å². The van der Waals surface area contributed by atoms with Gasteiger partial charge >= 0.3 is 0 Å². The van der Waals surface area contributed by atoms with E-state index in [1.807, 2.05) is 30.3 Å². The summed E-state index contributed by atoms with van der Waals surface area (Å²) < 4.78 is 5.70. The smallest absolute Gasteiger partial charge is 0.287 e. The maximum absolute atomic E-state index is 12.7. The quantitative estimate of drug-likeness (QED) is 0.890. The zero-order valence-electron chi connectivity index (χ0n) is 13.5. The van der Waals surface area contributed by atoms with Crippen molar-refractivity contribution in [2.45, 2.75) is 30.8 Å². The maximum atomic E-state index is 12.7. The Hall–Kier alpha value is -1.85. The number of rotatable bonds is 2. The summed E-state index contributed by atoms with van der Waals surface area (Å²) in [6.07, 6.45) is 3.27. The van der Waals surface area contributed by atoms with Gasteiger partial charge in [-0.2, -0.15) is 0 Å². The zero-order valence-corrected chi connectivity index (χ0v) is 13.5. The van der Waals surface area contributed by atoms with Crippen LogP contribution in [-0.4, -0.2) is 49.1 Å². The molecular weight excluding hydrogens is 290 g/mol. The van der Waals surface area contributed by atoms with Crippen LogP contribution >= 0.6 is 0 Å².